The van der Waals surface area contributed by atoms with E-state index in [1.807, 2.05) is 12.1 Å². The van der Waals surface area contributed by atoms with Gasteiger partial charge in [-0.2, -0.15) is 0 Å². The highest BCUT2D eigenvalue weighted by molar-refractivity contribution is 14.1. The standard InChI is InChI=1S/C17H17IO2/c18-14-6-4-12(5-7-14)11-20-15-8-9-16-13(10-15)2-1-3-17(16)19/h4-10,17,19H,1-3,11H2. The molecule has 2 nitrogen and oxygen atoms in total. The third kappa shape index (κ3) is 3.15. The van der Waals surface area contributed by atoms with Crippen molar-refractivity contribution in [1.29, 1.82) is 0 Å². The smallest absolute Gasteiger partial charge is 0.120 e. The van der Waals surface area contributed by atoms with Crippen LogP contribution in [-0.4, -0.2) is 5.11 Å². The fraction of sp³-hybridized carbons (Fsp3) is 0.294. The zero-order valence-corrected chi connectivity index (χ0v) is 13.3. The van der Waals surface area contributed by atoms with Crippen molar-refractivity contribution in [3.63, 3.8) is 0 Å². The lowest BCUT2D eigenvalue weighted by Crippen LogP contribution is -2.09. The van der Waals surface area contributed by atoms with Crippen LogP contribution in [0.5, 0.6) is 5.75 Å². The number of rotatable bonds is 3. The van der Waals surface area contributed by atoms with E-state index in [2.05, 4.69) is 52.9 Å². The zero-order valence-electron chi connectivity index (χ0n) is 11.2. The molecule has 3 heteroatoms. The van der Waals surface area contributed by atoms with Gasteiger partial charge in [0.15, 0.2) is 0 Å². The molecule has 0 amide bonds. The van der Waals surface area contributed by atoms with E-state index in [0.717, 1.165) is 30.6 Å². The summed E-state index contributed by atoms with van der Waals surface area (Å²) in [5, 5.41) is 9.94. The molecule has 0 radical (unpaired) electrons. The first-order valence-corrected chi connectivity index (χ1v) is 7.98. The van der Waals surface area contributed by atoms with E-state index < -0.39 is 0 Å². The number of hydrogen-bond donors (Lipinski definition) is 1. The Hall–Kier alpha value is -1.07. The Morgan fingerprint density at radius 2 is 1.95 bits per heavy atom. The highest BCUT2D eigenvalue weighted by Crippen LogP contribution is 2.32. The fourth-order valence-corrected chi connectivity index (χ4v) is 2.96. The number of hydrogen-bond acceptors (Lipinski definition) is 2. The molecule has 0 saturated carbocycles. The van der Waals surface area contributed by atoms with E-state index in [-0.39, 0.29) is 6.10 Å². The minimum absolute atomic E-state index is 0.302. The monoisotopic (exact) mass is 380 g/mol. The first-order chi connectivity index (χ1) is 9.72. The molecule has 1 aliphatic rings. The highest BCUT2D eigenvalue weighted by atomic mass is 127. The van der Waals surface area contributed by atoms with Crippen LogP contribution in [-0.2, 0) is 13.0 Å². The number of aliphatic hydroxyl groups excluding tert-OH is 1. The quantitative estimate of drug-likeness (QED) is 0.808. The summed E-state index contributed by atoms with van der Waals surface area (Å²) in [7, 11) is 0. The lowest BCUT2D eigenvalue weighted by molar-refractivity contribution is 0.156. The lowest BCUT2D eigenvalue weighted by Gasteiger charge is -2.21. The molecule has 0 fully saturated rings. The van der Waals surface area contributed by atoms with Crippen molar-refractivity contribution in [2.24, 2.45) is 0 Å². The molecule has 2 aromatic carbocycles. The molecule has 0 aromatic heterocycles. The molecule has 2 aromatic rings. The molecule has 1 N–H and O–H groups in total. The number of aliphatic hydroxyl groups is 1. The summed E-state index contributed by atoms with van der Waals surface area (Å²) in [6.45, 7) is 0.582. The minimum Gasteiger partial charge on any atom is -0.489 e. The average Bonchev–Trinajstić information content (AvgIpc) is 2.47. The Bertz CT molecular complexity index is 592. The summed E-state index contributed by atoms with van der Waals surface area (Å²) in [4.78, 5) is 0. The van der Waals surface area contributed by atoms with Crippen LogP contribution in [0.25, 0.3) is 0 Å². The van der Waals surface area contributed by atoms with Gasteiger partial charge in [0, 0.05) is 3.57 Å². The van der Waals surface area contributed by atoms with Gasteiger partial charge in [0.05, 0.1) is 6.10 Å². The van der Waals surface area contributed by atoms with Crippen LogP contribution in [0, 0.1) is 3.57 Å². The van der Waals surface area contributed by atoms with Crippen LogP contribution in [0.4, 0.5) is 0 Å². The molecule has 0 saturated heterocycles. The van der Waals surface area contributed by atoms with Crippen LogP contribution in [0.3, 0.4) is 0 Å². The van der Waals surface area contributed by atoms with E-state index >= 15 is 0 Å². The number of fused-ring (bicyclic) bond motifs is 1. The molecule has 0 aliphatic heterocycles. The molecule has 0 spiro atoms. The maximum Gasteiger partial charge on any atom is 0.120 e. The third-order valence-electron chi connectivity index (χ3n) is 3.72. The Labute approximate surface area is 132 Å². The van der Waals surface area contributed by atoms with Crippen molar-refractivity contribution >= 4 is 22.6 Å². The van der Waals surface area contributed by atoms with Gasteiger partial charge in [0.2, 0.25) is 0 Å². The SMILES string of the molecule is OC1CCCc2cc(OCc3ccc(I)cc3)ccc21. The Morgan fingerprint density at radius 1 is 1.15 bits per heavy atom. The Kier molecular flexibility index (Phi) is 4.27. The third-order valence-corrected chi connectivity index (χ3v) is 4.44. The largest absolute Gasteiger partial charge is 0.489 e. The van der Waals surface area contributed by atoms with Crippen LogP contribution in [0.15, 0.2) is 42.5 Å². The van der Waals surface area contributed by atoms with Gasteiger partial charge < -0.3 is 9.84 Å². The molecule has 20 heavy (non-hydrogen) atoms. The van der Waals surface area contributed by atoms with E-state index in [1.54, 1.807) is 0 Å². The molecule has 0 heterocycles. The Balaban J connectivity index is 1.70. The molecular weight excluding hydrogens is 363 g/mol. The summed E-state index contributed by atoms with van der Waals surface area (Å²) in [6, 6.07) is 14.4. The summed E-state index contributed by atoms with van der Waals surface area (Å²) in [5.74, 6) is 0.886. The maximum absolute atomic E-state index is 9.94. The minimum atomic E-state index is -0.302. The second-order valence-electron chi connectivity index (χ2n) is 5.18. The highest BCUT2D eigenvalue weighted by Gasteiger charge is 2.18. The molecule has 104 valence electrons. The van der Waals surface area contributed by atoms with Crippen molar-refractivity contribution in [2.75, 3.05) is 0 Å². The van der Waals surface area contributed by atoms with Crippen molar-refractivity contribution < 1.29 is 9.84 Å². The van der Waals surface area contributed by atoms with Gasteiger partial charge in [-0.25, -0.2) is 0 Å². The van der Waals surface area contributed by atoms with Crippen molar-refractivity contribution in [1.82, 2.24) is 0 Å². The summed E-state index contributed by atoms with van der Waals surface area (Å²) in [5.41, 5.74) is 3.46. The second kappa shape index (κ2) is 6.14. The first-order valence-electron chi connectivity index (χ1n) is 6.90. The normalized spacial score (nSPS) is 17.6. The summed E-state index contributed by atoms with van der Waals surface area (Å²) in [6.07, 6.45) is 2.65. The lowest BCUT2D eigenvalue weighted by atomic mass is 9.89. The summed E-state index contributed by atoms with van der Waals surface area (Å²) < 4.78 is 7.08. The molecule has 3 rings (SSSR count). The van der Waals surface area contributed by atoms with Gasteiger partial charge in [0.1, 0.15) is 12.4 Å². The topological polar surface area (TPSA) is 29.5 Å². The van der Waals surface area contributed by atoms with Crippen molar-refractivity contribution in [3.8, 4) is 5.75 Å². The second-order valence-corrected chi connectivity index (χ2v) is 6.43. The number of benzene rings is 2. The van der Waals surface area contributed by atoms with Crippen molar-refractivity contribution in [2.45, 2.75) is 32.0 Å². The molecule has 1 unspecified atom stereocenters. The molecule has 1 aliphatic carbocycles. The number of ether oxygens (including phenoxy) is 1. The van der Waals surface area contributed by atoms with E-state index in [4.69, 9.17) is 4.74 Å². The number of aryl methyl sites for hydroxylation is 1. The van der Waals surface area contributed by atoms with Crippen LogP contribution < -0.4 is 4.74 Å². The van der Waals surface area contributed by atoms with E-state index in [0.29, 0.717) is 6.61 Å². The first kappa shape index (κ1) is 13.9. The summed E-state index contributed by atoms with van der Waals surface area (Å²) >= 11 is 2.30. The van der Waals surface area contributed by atoms with Gasteiger partial charge >= 0.3 is 0 Å². The van der Waals surface area contributed by atoms with Crippen molar-refractivity contribution in [3.05, 3.63) is 62.7 Å². The van der Waals surface area contributed by atoms with Gasteiger partial charge in [0.25, 0.3) is 0 Å². The molecule has 1 atom stereocenters. The molecule has 0 bridgehead atoms. The number of halogens is 1. The fourth-order valence-electron chi connectivity index (χ4n) is 2.60. The van der Waals surface area contributed by atoms with E-state index in [9.17, 15) is 5.11 Å². The van der Waals surface area contributed by atoms with Crippen LogP contribution in [0.1, 0.15) is 35.6 Å². The van der Waals surface area contributed by atoms with Crippen LogP contribution in [0.2, 0.25) is 0 Å². The van der Waals surface area contributed by atoms with Gasteiger partial charge in [-0.1, -0.05) is 18.2 Å². The van der Waals surface area contributed by atoms with Gasteiger partial charge in [-0.3, -0.25) is 0 Å². The predicted octanol–water partition coefficient (Wildman–Crippen LogP) is 4.24. The zero-order chi connectivity index (χ0) is 13.9. The average molecular weight is 380 g/mol. The predicted molar refractivity (Wildman–Crippen MR) is 87.8 cm³/mol. The molecular formula is C17H17IO2. The van der Waals surface area contributed by atoms with Gasteiger partial charge in [-0.15, -0.1) is 0 Å². The van der Waals surface area contributed by atoms with Crippen LogP contribution >= 0.6 is 22.6 Å². The maximum atomic E-state index is 9.94. The van der Waals surface area contributed by atoms with Gasteiger partial charge in [-0.05, 0) is 82.8 Å². The van der Waals surface area contributed by atoms with E-state index in [1.165, 1.54) is 14.7 Å². The Morgan fingerprint density at radius 3 is 2.75 bits per heavy atom.